The summed E-state index contributed by atoms with van der Waals surface area (Å²) in [6.45, 7) is 1.57. The van der Waals surface area contributed by atoms with E-state index in [-0.39, 0.29) is 27.8 Å². The Labute approximate surface area is 181 Å². The van der Waals surface area contributed by atoms with Gasteiger partial charge < -0.3 is 0 Å². The van der Waals surface area contributed by atoms with Crippen molar-refractivity contribution < 1.29 is 30.0 Å². The highest BCUT2D eigenvalue weighted by atomic mass is 32.2. The molecule has 1 amide bonds. The second kappa shape index (κ2) is 8.31. The Morgan fingerprint density at radius 1 is 1.00 bits per heavy atom. The quantitative estimate of drug-likeness (QED) is 0.562. The van der Waals surface area contributed by atoms with E-state index in [0.29, 0.717) is 16.3 Å². The van der Waals surface area contributed by atoms with Crippen molar-refractivity contribution in [2.75, 3.05) is 16.6 Å². The van der Waals surface area contributed by atoms with Crippen LogP contribution in [-0.4, -0.2) is 43.5 Å². The van der Waals surface area contributed by atoms with Gasteiger partial charge in [0.25, 0.3) is 0 Å². The number of sulfonamides is 3. The Hall–Kier alpha value is -2.32. The van der Waals surface area contributed by atoms with E-state index in [1.54, 1.807) is 0 Å². The number of primary sulfonamides is 1. The molecule has 3 rings (SSSR count). The molecule has 1 atom stereocenters. The minimum Gasteiger partial charge on any atom is -0.273 e. The lowest BCUT2D eigenvalue weighted by Gasteiger charge is -2.15. The minimum atomic E-state index is -3.87. The minimum absolute atomic E-state index is 0.0372. The van der Waals surface area contributed by atoms with Crippen LogP contribution < -0.4 is 14.2 Å². The zero-order valence-corrected chi connectivity index (χ0v) is 18.9. The van der Waals surface area contributed by atoms with Crippen LogP contribution in [0.2, 0.25) is 0 Å². The molecule has 0 aliphatic carbocycles. The molecule has 2 aromatic carbocycles. The molecule has 1 heterocycles. The molecule has 1 saturated heterocycles. The van der Waals surface area contributed by atoms with E-state index < -0.39 is 41.9 Å². The predicted octanol–water partition coefficient (Wildman–Crippen LogP) is 0.168. The number of carbonyl (C=O) groups is 1. The standard InChI is InChI=1S/C18H21N3O7S3/c1-13-12-29(23,24)21(18(13)22)15-4-8-17(9-5-15)31(27,28)20-11-10-14-2-6-16(7-3-14)30(19,25)26/h2-9,13,20H,10-12H2,1H3,(H2,19,25,26). The monoisotopic (exact) mass is 487 g/mol. The third-order valence-corrected chi connectivity index (χ3v) is 8.97. The number of nitrogens with one attached hydrogen (secondary N) is 1. The molecular formula is C18H21N3O7S3. The molecule has 0 radical (unpaired) electrons. The first-order valence-corrected chi connectivity index (χ1v) is 13.7. The normalized spacial score (nSPS) is 19.0. The lowest BCUT2D eigenvalue weighted by molar-refractivity contribution is -0.119. The van der Waals surface area contributed by atoms with Gasteiger partial charge in [-0.2, -0.15) is 0 Å². The van der Waals surface area contributed by atoms with Gasteiger partial charge in [0.1, 0.15) is 0 Å². The van der Waals surface area contributed by atoms with Crippen molar-refractivity contribution in [1.29, 1.82) is 0 Å². The predicted molar refractivity (Wildman–Crippen MR) is 114 cm³/mol. The number of rotatable bonds is 7. The van der Waals surface area contributed by atoms with E-state index >= 15 is 0 Å². The average molecular weight is 488 g/mol. The first-order chi connectivity index (χ1) is 14.3. The summed E-state index contributed by atoms with van der Waals surface area (Å²) in [6, 6.07) is 10.8. The Bertz CT molecular complexity index is 1300. The van der Waals surface area contributed by atoms with Crippen molar-refractivity contribution in [1.82, 2.24) is 4.72 Å². The Kier molecular flexibility index (Phi) is 6.26. The van der Waals surface area contributed by atoms with E-state index in [1.807, 2.05) is 0 Å². The van der Waals surface area contributed by atoms with Crippen LogP contribution in [0, 0.1) is 5.92 Å². The molecule has 13 heteroatoms. The molecule has 1 aliphatic heterocycles. The fourth-order valence-corrected chi connectivity index (χ4v) is 6.47. The smallest absolute Gasteiger partial charge is 0.244 e. The Balaban J connectivity index is 1.67. The number of nitrogens with two attached hydrogens (primary N) is 1. The van der Waals surface area contributed by atoms with Gasteiger partial charge in [-0.25, -0.2) is 39.4 Å². The van der Waals surface area contributed by atoms with E-state index in [1.165, 1.54) is 55.5 Å². The SMILES string of the molecule is CC1CS(=O)(=O)N(c2ccc(S(=O)(=O)NCCc3ccc(S(N)(=O)=O)cc3)cc2)C1=O. The summed E-state index contributed by atoms with van der Waals surface area (Å²) in [4.78, 5) is 12.0. The molecule has 0 saturated carbocycles. The lowest BCUT2D eigenvalue weighted by Crippen LogP contribution is -2.30. The van der Waals surface area contributed by atoms with E-state index in [9.17, 15) is 30.0 Å². The maximum absolute atomic E-state index is 12.5. The summed E-state index contributed by atoms with van der Waals surface area (Å²) < 4.78 is 74.9. The van der Waals surface area contributed by atoms with Crippen LogP contribution in [0.4, 0.5) is 5.69 Å². The number of amides is 1. The second-order valence-electron chi connectivity index (χ2n) is 7.11. The Morgan fingerprint density at radius 3 is 2.03 bits per heavy atom. The van der Waals surface area contributed by atoms with E-state index in [4.69, 9.17) is 5.14 Å². The largest absolute Gasteiger partial charge is 0.273 e. The summed E-state index contributed by atoms with van der Waals surface area (Å²) in [7, 11) is -11.4. The van der Waals surface area contributed by atoms with Gasteiger partial charge in [0.05, 0.1) is 27.1 Å². The van der Waals surface area contributed by atoms with Crippen molar-refractivity contribution in [3.63, 3.8) is 0 Å². The van der Waals surface area contributed by atoms with Crippen molar-refractivity contribution in [3.05, 3.63) is 54.1 Å². The van der Waals surface area contributed by atoms with Crippen molar-refractivity contribution in [2.24, 2.45) is 11.1 Å². The molecule has 3 N–H and O–H groups in total. The molecule has 0 spiro atoms. The zero-order chi connectivity index (χ0) is 23.0. The van der Waals surface area contributed by atoms with Crippen LogP contribution in [-0.2, 0) is 41.3 Å². The molecule has 1 aliphatic rings. The number of benzene rings is 2. The third-order valence-electron chi connectivity index (χ3n) is 4.70. The van der Waals surface area contributed by atoms with Crippen molar-refractivity contribution in [2.45, 2.75) is 23.1 Å². The summed E-state index contributed by atoms with van der Waals surface area (Å²) in [5.74, 6) is -1.50. The van der Waals surface area contributed by atoms with Gasteiger partial charge in [-0.1, -0.05) is 19.1 Å². The highest BCUT2D eigenvalue weighted by Crippen LogP contribution is 2.28. The molecular weight excluding hydrogens is 466 g/mol. The highest BCUT2D eigenvalue weighted by molar-refractivity contribution is 7.94. The van der Waals surface area contributed by atoms with E-state index in [2.05, 4.69) is 4.72 Å². The summed E-state index contributed by atoms with van der Waals surface area (Å²) >= 11 is 0. The first kappa shape index (κ1) is 23.3. The Morgan fingerprint density at radius 2 is 1.55 bits per heavy atom. The van der Waals surface area contributed by atoms with Gasteiger partial charge in [-0.3, -0.25) is 4.79 Å². The third kappa shape index (κ3) is 5.13. The van der Waals surface area contributed by atoms with Gasteiger partial charge in [0, 0.05) is 6.54 Å². The number of hydrogen-bond acceptors (Lipinski definition) is 7. The van der Waals surface area contributed by atoms with E-state index in [0.717, 1.165) is 0 Å². The maximum atomic E-state index is 12.5. The average Bonchev–Trinajstić information content (AvgIpc) is 2.88. The van der Waals surface area contributed by atoms with Crippen LogP contribution >= 0.6 is 0 Å². The molecule has 2 aromatic rings. The second-order valence-corrected chi connectivity index (χ2v) is 12.3. The lowest BCUT2D eigenvalue weighted by atomic mass is 10.2. The maximum Gasteiger partial charge on any atom is 0.244 e. The van der Waals surface area contributed by atoms with Crippen LogP contribution in [0.15, 0.2) is 58.3 Å². The topological polar surface area (TPSA) is 161 Å². The summed E-state index contributed by atoms with van der Waals surface area (Å²) in [6.07, 6.45) is 0.306. The first-order valence-electron chi connectivity index (χ1n) is 9.09. The summed E-state index contributed by atoms with van der Waals surface area (Å²) in [5.41, 5.74) is 0.792. The van der Waals surface area contributed by atoms with Gasteiger partial charge in [0.15, 0.2) is 0 Å². The number of nitrogens with zero attached hydrogens (tertiary/aromatic N) is 1. The van der Waals surface area contributed by atoms with Gasteiger partial charge in [-0.15, -0.1) is 0 Å². The van der Waals surface area contributed by atoms with Crippen molar-refractivity contribution >= 4 is 41.7 Å². The fourth-order valence-electron chi connectivity index (χ4n) is 3.11. The molecule has 0 bridgehead atoms. The van der Waals surface area contributed by atoms with Gasteiger partial charge in [0.2, 0.25) is 36.0 Å². The van der Waals surface area contributed by atoms with Crippen LogP contribution in [0.5, 0.6) is 0 Å². The van der Waals surface area contributed by atoms with Crippen LogP contribution in [0.3, 0.4) is 0 Å². The molecule has 1 unspecified atom stereocenters. The van der Waals surface area contributed by atoms with Crippen LogP contribution in [0.1, 0.15) is 12.5 Å². The number of carbonyl (C=O) groups excluding carboxylic acids is 1. The van der Waals surface area contributed by atoms with Gasteiger partial charge >= 0.3 is 0 Å². The zero-order valence-electron chi connectivity index (χ0n) is 16.4. The number of anilines is 1. The fraction of sp³-hybridized carbons (Fsp3) is 0.278. The molecule has 1 fully saturated rings. The highest BCUT2D eigenvalue weighted by Gasteiger charge is 2.41. The molecule has 10 nitrogen and oxygen atoms in total. The summed E-state index contributed by atoms with van der Waals surface area (Å²) in [5, 5.41) is 5.03. The van der Waals surface area contributed by atoms with Gasteiger partial charge in [-0.05, 0) is 48.4 Å². The number of hydrogen-bond donors (Lipinski definition) is 2. The molecule has 0 aromatic heterocycles. The van der Waals surface area contributed by atoms with Crippen molar-refractivity contribution in [3.8, 4) is 0 Å². The van der Waals surface area contributed by atoms with Crippen LogP contribution in [0.25, 0.3) is 0 Å². The molecule has 31 heavy (non-hydrogen) atoms. The molecule has 168 valence electrons.